The summed E-state index contributed by atoms with van der Waals surface area (Å²) in [5.41, 5.74) is 4.55. The van der Waals surface area contributed by atoms with Gasteiger partial charge in [0, 0.05) is 11.8 Å². The van der Waals surface area contributed by atoms with Crippen LogP contribution in [-0.2, 0) is 14.3 Å². The van der Waals surface area contributed by atoms with Crippen molar-refractivity contribution < 1.29 is 19.1 Å². The molecule has 1 aromatic rings. The molecule has 0 aliphatic carbocycles. The molecular weight excluding hydrogens is 268 g/mol. The van der Waals surface area contributed by atoms with Gasteiger partial charge in [0.2, 0.25) is 5.91 Å². The highest BCUT2D eigenvalue weighted by atomic mass is 32.2. The van der Waals surface area contributed by atoms with E-state index in [1.54, 1.807) is 36.0 Å². The summed E-state index contributed by atoms with van der Waals surface area (Å²) in [4.78, 5) is 34.3. The largest absolute Gasteiger partial charge is 0.452 e. The smallest absolute Gasteiger partial charge is 0.338 e. The zero-order chi connectivity index (χ0) is 14.3. The van der Waals surface area contributed by atoms with Gasteiger partial charge in [-0.15, -0.1) is 11.8 Å². The average molecular weight is 282 g/mol. The molecule has 19 heavy (non-hydrogen) atoms. The van der Waals surface area contributed by atoms with E-state index in [4.69, 9.17) is 4.74 Å². The number of carbonyl (C=O) groups excluding carboxylic acids is 3. The van der Waals surface area contributed by atoms with Crippen LogP contribution in [0.25, 0.3) is 0 Å². The molecule has 2 amide bonds. The van der Waals surface area contributed by atoms with Gasteiger partial charge in [0.05, 0.1) is 5.56 Å². The number of hydrogen-bond acceptors (Lipinski definition) is 5. The van der Waals surface area contributed by atoms with E-state index in [9.17, 15) is 14.4 Å². The standard InChI is InChI=1S/C12H14N2O4S/c1-8(15)13-14-11(16)7-18-12(17)9-3-5-10(19-2)6-4-9/h3-6H,7H2,1-2H3,(H,13,15)(H,14,16). The maximum atomic E-state index is 11.6. The van der Waals surface area contributed by atoms with Crippen molar-refractivity contribution in [1.82, 2.24) is 10.9 Å². The molecule has 0 heterocycles. The van der Waals surface area contributed by atoms with Crippen LogP contribution in [0.15, 0.2) is 29.2 Å². The topological polar surface area (TPSA) is 84.5 Å². The van der Waals surface area contributed by atoms with Crippen molar-refractivity contribution in [2.24, 2.45) is 0 Å². The number of nitrogens with one attached hydrogen (secondary N) is 2. The highest BCUT2D eigenvalue weighted by molar-refractivity contribution is 7.98. The molecule has 7 heteroatoms. The van der Waals surface area contributed by atoms with E-state index in [-0.39, 0.29) is 0 Å². The molecule has 0 aliphatic rings. The second-order valence-electron chi connectivity index (χ2n) is 3.53. The van der Waals surface area contributed by atoms with Gasteiger partial charge in [-0.25, -0.2) is 4.79 Å². The van der Waals surface area contributed by atoms with Crippen molar-refractivity contribution in [2.75, 3.05) is 12.9 Å². The van der Waals surface area contributed by atoms with Gasteiger partial charge in [0.25, 0.3) is 5.91 Å². The van der Waals surface area contributed by atoms with Gasteiger partial charge in [-0.05, 0) is 30.5 Å². The summed E-state index contributed by atoms with van der Waals surface area (Å²) in [6.07, 6.45) is 1.93. The van der Waals surface area contributed by atoms with Gasteiger partial charge in [-0.1, -0.05) is 0 Å². The van der Waals surface area contributed by atoms with Gasteiger partial charge >= 0.3 is 5.97 Å². The minimum atomic E-state index is -0.607. The number of thioether (sulfide) groups is 1. The summed E-state index contributed by atoms with van der Waals surface area (Å²) < 4.78 is 4.79. The van der Waals surface area contributed by atoms with Crippen molar-refractivity contribution in [3.8, 4) is 0 Å². The van der Waals surface area contributed by atoms with Gasteiger partial charge in [-0.3, -0.25) is 20.4 Å². The second kappa shape index (κ2) is 7.42. The van der Waals surface area contributed by atoms with E-state index >= 15 is 0 Å². The van der Waals surface area contributed by atoms with Crippen LogP contribution >= 0.6 is 11.8 Å². The fourth-order valence-corrected chi connectivity index (χ4v) is 1.54. The van der Waals surface area contributed by atoms with Gasteiger partial charge in [0.1, 0.15) is 0 Å². The lowest BCUT2D eigenvalue weighted by atomic mass is 10.2. The minimum absolute atomic E-state index is 0.366. The number of benzene rings is 1. The molecule has 6 nitrogen and oxygen atoms in total. The molecule has 0 fully saturated rings. The minimum Gasteiger partial charge on any atom is -0.452 e. The molecule has 2 N–H and O–H groups in total. The molecule has 1 rings (SSSR count). The quantitative estimate of drug-likeness (QED) is 0.483. The van der Waals surface area contributed by atoms with Crippen LogP contribution in [0.3, 0.4) is 0 Å². The SMILES string of the molecule is CSc1ccc(C(=O)OCC(=O)NNC(C)=O)cc1. The van der Waals surface area contributed by atoms with Crippen molar-refractivity contribution >= 4 is 29.5 Å². The number of esters is 1. The molecule has 0 radical (unpaired) electrons. The molecule has 0 bridgehead atoms. The first-order valence-electron chi connectivity index (χ1n) is 5.39. The third kappa shape index (κ3) is 5.43. The molecular formula is C12H14N2O4S. The fraction of sp³-hybridized carbons (Fsp3) is 0.250. The Morgan fingerprint density at radius 2 is 1.79 bits per heavy atom. The average Bonchev–Trinajstić information content (AvgIpc) is 2.42. The molecule has 102 valence electrons. The summed E-state index contributed by atoms with van der Waals surface area (Å²) in [5.74, 6) is -1.61. The number of rotatable bonds is 4. The molecule has 0 atom stereocenters. The highest BCUT2D eigenvalue weighted by Gasteiger charge is 2.10. The molecule has 0 aromatic heterocycles. The van der Waals surface area contributed by atoms with E-state index in [0.29, 0.717) is 5.56 Å². The van der Waals surface area contributed by atoms with Crippen LogP contribution < -0.4 is 10.9 Å². The van der Waals surface area contributed by atoms with Crippen LogP contribution in [0.4, 0.5) is 0 Å². The molecule has 0 unspecified atom stereocenters. The number of ether oxygens (including phenoxy) is 1. The Balaban J connectivity index is 2.42. The number of amides is 2. The van der Waals surface area contributed by atoms with Crippen molar-refractivity contribution in [3.05, 3.63) is 29.8 Å². The zero-order valence-corrected chi connectivity index (χ0v) is 11.4. The maximum Gasteiger partial charge on any atom is 0.338 e. The molecule has 1 aromatic carbocycles. The Morgan fingerprint density at radius 3 is 2.32 bits per heavy atom. The van der Waals surface area contributed by atoms with E-state index in [1.165, 1.54) is 6.92 Å². The first kappa shape index (κ1) is 15.0. The summed E-state index contributed by atoms with van der Waals surface area (Å²) >= 11 is 1.56. The summed E-state index contributed by atoms with van der Waals surface area (Å²) in [5, 5.41) is 0. The van der Waals surface area contributed by atoms with E-state index in [1.807, 2.05) is 6.26 Å². The second-order valence-corrected chi connectivity index (χ2v) is 4.41. The molecule has 0 saturated heterocycles. The Kier molecular flexibility index (Phi) is 5.87. The van der Waals surface area contributed by atoms with E-state index in [2.05, 4.69) is 10.9 Å². The van der Waals surface area contributed by atoms with E-state index < -0.39 is 24.4 Å². The van der Waals surface area contributed by atoms with Crippen LogP contribution in [0.5, 0.6) is 0 Å². The lowest BCUT2D eigenvalue weighted by Crippen LogP contribution is -2.42. The predicted molar refractivity (Wildman–Crippen MR) is 70.5 cm³/mol. The van der Waals surface area contributed by atoms with Crippen molar-refractivity contribution in [1.29, 1.82) is 0 Å². The van der Waals surface area contributed by atoms with Crippen LogP contribution in [-0.4, -0.2) is 30.6 Å². The van der Waals surface area contributed by atoms with Crippen LogP contribution in [0.1, 0.15) is 17.3 Å². The van der Waals surface area contributed by atoms with Crippen molar-refractivity contribution in [2.45, 2.75) is 11.8 Å². The molecule has 0 spiro atoms. The monoisotopic (exact) mass is 282 g/mol. The van der Waals surface area contributed by atoms with Gasteiger partial charge < -0.3 is 4.74 Å². The summed E-state index contributed by atoms with van der Waals surface area (Å²) in [6.45, 7) is 0.795. The Morgan fingerprint density at radius 1 is 1.16 bits per heavy atom. The number of hydrazine groups is 1. The molecule has 0 aliphatic heterocycles. The van der Waals surface area contributed by atoms with Gasteiger partial charge in [0.15, 0.2) is 6.61 Å². The lowest BCUT2D eigenvalue weighted by Gasteiger charge is -2.06. The van der Waals surface area contributed by atoms with Crippen LogP contribution in [0.2, 0.25) is 0 Å². The Labute approximate surface area is 114 Å². The predicted octanol–water partition coefficient (Wildman–Crippen LogP) is 0.733. The van der Waals surface area contributed by atoms with E-state index in [0.717, 1.165) is 4.90 Å². The number of carbonyl (C=O) groups is 3. The van der Waals surface area contributed by atoms with Gasteiger partial charge in [-0.2, -0.15) is 0 Å². The highest BCUT2D eigenvalue weighted by Crippen LogP contribution is 2.15. The van der Waals surface area contributed by atoms with Crippen LogP contribution in [0, 0.1) is 0 Å². The maximum absolute atomic E-state index is 11.6. The Bertz CT molecular complexity index is 473. The first-order valence-corrected chi connectivity index (χ1v) is 6.62. The summed E-state index contributed by atoms with van der Waals surface area (Å²) in [6, 6.07) is 6.83. The Hall–Kier alpha value is -2.02. The third-order valence-electron chi connectivity index (χ3n) is 2.04. The summed E-state index contributed by atoms with van der Waals surface area (Å²) in [7, 11) is 0. The fourth-order valence-electron chi connectivity index (χ4n) is 1.14. The lowest BCUT2D eigenvalue weighted by molar-refractivity contribution is -0.129. The normalized spacial score (nSPS) is 9.58. The zero-order valence-electron chi connectivity index (χ0n) is 10.6. The molecule has 0 saturated carbocycles. The van der Waals surface area contributed by atoms with Crippen molar-refractivity contribution in [3.63, 3.8) is 0 Å². The number of hydrogen-bond donors (Lipinski definition) is 2. The first-order chi connectivity index (χ1) is 9.02. The third-order valence-corrected chi connectivity index (χ3v) is 2.78.